The molecule has 1 rings (SSSR count). The lowest BCUT2D eigenvalue weighted by Crippen LogP contribution is -2.58. The normalized spacial score (nSPS) is 13.9. The number of carbonyl (C=O) groups is 4. The summed E-state index contributed by atoms with van der Waals surface area (Å²) in [5.74, 6) is -1.83. The van der Waals surface area contributed by atoms with Gasteiger partial charge in [-0.1, -0.05) is 39.8 Å². The number of carbonyl (C=O) groups excluding carboxylic acids is 4. The molecule has 10 nitrogen and oxygen atoms in total. The Morgan fingerprint density at radius 3 is 1.94 bits per heavy atom. The number of phenolic OH excluding ortho intramolecular Hbond substituents is 1. The summed E-state index contributed by atoms with van der Waals surface area (Å²) in [4.78, 5) is 51.0. The van der Waals surface area contributed by atoms with E-state index in [9.17, 15) is 24.3 Å². The van der Waals surface area contributed by atoms with Crippen LogP contribution in [0.15, 0.2) is 24.3 Å². The molecule has 0 bridgehead atoms. The van der Waals surface area contributed by atoms with Gasteiger partial charge in [0.1, 0.15) is 29.5 Å². The molecule has 1 aromatic rings. The second-order valence-corrected chi connectivity index (χ2v) is 10.5. The van der Waals surface area contributed by atoms with Crippen molar-refractivity contribution < 1.29 is 33.8 Å². The maximum absolute atomic E-state index is 13.3. The van der Waals surface area contributed by atoms with Gasteiger partial charge in [-0.05, 0) is 56.7 Å². The molecule has 0 aliphatic rings. The number of esters is 1. The van der Waals surface area contributed by atoms with Crippen LogP contribution in [0.25, 0.3) is 0 Å². The van der Waals surface area contributed by atoms with Crippen LogP contribution >= 0.6 is 0 Å². The highest BCUT2D eigenvalue weighted by atomic mass is 16.6. The molecule has 0 saturated carbocycles. The number of aromatic hydroxyl groups is 1. The molecule has 0 heterocycles. The van der Waals surface area contributed by atoms with Crippen LogP contribution in [0.2, 0.25) is 0 Å². The Morgan fingerprint density at radius 2 is 1.47 bits per heavy atom. The molecule has 0 spiro atoms. The van der Waals surface area contributed by atoms with Gasteiger partial charge in [-0.15, -0.1) is 0 Å². The van der Waals surface area contributed by atoms with Gasteiger partial charge in [0.2, 0.25) is 11.8 Å². The van der Waals surface area contributed by atoms with Crippen LogP contribution in [0.5, 0.6) is 5.75 Å². The predicted octanol–water partition coefficient (Wildman–Crippen LogP) is 2.67. The second kappa shape index (κ2) is 13.7. The highest BCUT2D eigenvalue weighted by Crippen LogP contribution is 2.14. The van der Waals surface area contributed by atoms with E-state index in [-0.39, 0.29) is 24.0 Å². The van der Waals surface area contributed by atoms with E-state index in [1.807, 2.05) is 13.8 Å². The van der Waals surface area contributed by atoms with Crippen LogP contribution in [-0.2, 0) is 30.3 Å². The quantitative estimate of drug-likeness (QED) is 0.337. The SMILES string of the molecule is COC(=O)[C@H](CC(C)C)NC(=O)[C@@H](NC(=O)[C@H](Cc1ccc(O)cc1)NC(=O)OC(C)(C)C)C(C)C. The summed E-state index contributed by atoms with van der Waals surface area (Å²) in [5, 5.41) is 17.5. The maximum atomic E-state index is 13.3. The molecule has 0 saturated heterocycles. The van der Waals surface area contributed by atoms with Crippen molar-refractivity contribution in [1.82, 2.24) is 16.0 Å². The molecular formula is C26H41N3O7. The molecule has 3 amide bonds. The smallest absolute Gasteiger partial charge is 0.408 e. The van der Waals surface area contributed by atoms with Crippen LogP contribution in [-0.4, -0.2) is 59.8 Å². The Labute approximate surface area is 213 Å². The lowest BCUT2D eigenvalue weighted by molar-refractivity contribution is -0.146. The van der Waals surface area contributed by atoms with E-state index >= 15 is 0 Å². The van der Waals surface area contributed by atoms with Gasteiger partial charge in [-0.2, -0.15) is 0 Å². The zero-order valence-corrected chi connectivity index (χ0v) is 22.5. The molecule has 202 valence electrons. The Hall–Kier alpha value is -3.30. The molecule has 0 aliphatic carbocycles. The fraction of sp³-hybridized carbons (Fsp3) is 0.615. The number of nitrogens with one attached hydrogen (secondary N) is 3. The third-order valence-corrected chi connectivity index (χ3v) is 5.14. The first-order valence-corrected chi connectivity index (χ1v) is 12.1. The first kappa shape index (κ1) is 30.7. The van der Waals surface area contributed by atoms with Crippen LogP contribution in [0.3, 0.4) is 0 Å². The number of ether oxygens (including phenoxy) is 2. The molecule has 0 aliphatic heterocycles. The summed E-state index contributed by atoms with van der Waals surface area (Å²) in [6.45, 7) is 12.5. The van der Waals surface area contributed by atoms with Gasteiger partial charge in [0, 0.05) is 6.42 Å². The standard InChI is InChI=1S/C26H41N3O7/c1-15(2)13-20(24(33)35-8)27-23(32)21(16(3)4)29-22(31)19(28-25(34)36-26(5,6)7)14-17-9-11-18(30)12-10-17/h9-12,15-16,19-21,30H,13-14H2,1-8H3,(H,27,32)(H,28,34)(H,29,31)/t19-,20-,21-/m0/s1. The van der Waals surface area contributed by atoms with E-state index in [1.165, 1.54) is 19.2 Å². The van der Waals surface area contributed by atoms with Gasteiger partial charge < -0.3 is 30.5 Å². The highest BCUT2D eigenvalue weighted by Gasteiger charge is 2.32. The molecule has 3 atom stereocenters. The average Bonchev–Trinajstić information content (AvgIpc) is 2.75. The Bertz CT molecular complexity index is 892. The number of methoxy groups -OCH3 is 1. The van der Waals surface area contributed by atoms with E-state index < -0.39 is 47.6 Å². The van der Waals surface area contributed by atoms with Crippen molar-refractivity contribution in [2.24, 2.45) is 11.8 Å². The van der Waals surface area contributed by atoms with Crippen LogP contribution in [0.4, 0.5) is 4.79 Å². The van der Waals surface area contributed by atoms with Crippen molar-refractivity contribution in [1.29, 1.82) is 0 Å². The summed E-state index contributed by atoms with van der Waals surface area (Å²) < 4.78 is 10.1. The molecule has 4 N–H and O–H groups in total. The second-order valence-electron chi connectivity index (χ2n) is 10.5. The molecule has 0 aromatic heterocycles. The number of alkyl carbamates (subject to hydrolysis) is 1. The van der Waals surface area contributed by atoms with E-state index in [4.69, 9.17) is 9.47 Å². The summed E-state index contributed by atoms with van der Waals surface area (Å²) in [6, 6.07) is 3.32. The van der Waals surface area contributed by atoms with Crippen molar-refractivity contribution in [2.45, 2.75) is 85.0 Å². The molecule has 36 heavy (non-hydrogen) atoms. The topological polar surface area (TPSA) is 143 Å². The molecule has 0 unspecified atom stereocenters. The van der Waals surface area contributed by atoms with Crippen LogP contribution in [0.1, 0.15) is 60.5 Å². The van der Waals surface area contributed by atoms with Crippen LogP contribution < -0.4 is 16.0 Å². The minimum Gasteiger partial charge on any atom is -0.508 e. The third kappa shape index (κ3) is 11.0. The number of hydrogen-bond acceptors (Lipinski definition) is 7. The largest absolute Gasteiger partial charge is 0.508 e. The number of hydrogen-bond donors (Lipinski definition) is 4. The number of benzene rings is 1. The van der Waals surface area contributed by atoms with Crippen molar-refractivity contribution in [3.63, 3.8) is 0 Å². The van der Waals surface area contributed by atoms with E-state index in [0.717, 1.165) is 0 Å². The highest BCUT2D eigenvalue weighted by molar-refractivity contribution is 5.93. The fourth-order valence-electron chi connectivity index (χ4n) is 3.40. The zero-order valence-electron chi connectivity index (χ0n) is 22.5. The monoisotopic (exact) mass is 507 g/mol. The molecule has 1 aromatic carbocycles. The number of rotatable bonds is 11. The lowest BCUT2D eigenvalue weighted by atomic mass is 9.99. The first-order valence-electron chi connectivity index (χ1n) is 12.1. The molecular weight excluding hydrogens is 466 g/mol. The van der Waals surface area contributed by atoms with Crippen LogP contribution in [0, 0.1) is 11.8 Å². The molecule has 0 fully saturated rings. The minimum atomic E-state index is -1.06. The summed E-state index contributed by atoms with van der Waals surface area (Å²) in [5.41, 5.74) is -0.0965. The van der Waals surface area contributed by atoms with Gasteiger partial charge in [0.15, 0.2) is 0 Å². The molecule has 0 radical (unpaired) electrons. The predicted molar refractivity (Wildman–Crippen MR) is 135 cm³/mol. The number of phenols is 1. The van der Waals surface area contributed by atoms with Crippen molar-refractivity contribution in [3.8, 4) is 5.75 Å². The summed E-state index contributed by atoms with van der Waals surface area (Å²) in [6.07, 6.45) is -0.314. The Balaban J connectivity index is 3.10. The van der Waals surface area contributed by atoms with Gasteiger partial charge in [0.05, 0.1) is 7.11 Å². The van der Waals surface area contributed by atoms with E-state index in [2.05, 4.69) is 16.0 Å². The number of amides is 3. The van der Waals surface area contributed by atoms with Crippen molar-refractivity contribution in [3.05, 3.63) is 29.8 Å². The van der Waals surface area contributed by atoms with Crippen molar-refractivity contribution >= 4 is 23.9 Å². The Kier molecular flexibility index (Phi) is 11.7. The lowest BCUT2D eigenvalue weighted by Gasteiger charge is -2.28. The van der Waals surface area contributed by atoms with E-state index in [0.29, 0.717) is 12.0 Å². The van der Waals surface area contributed by atoms with Gasteiger partial charge in [-0.3, -0.25) is 9.59 Å². The average molecular weight is 508 g/mol. The minimum absolute atomic E-state index is 0.0675. The molecule has 10 heteroatoms. The zero-order chi connectivity index (χ0) is 27.6. The van der Waals surface area contributed by atoms with Crippen molar-refractivity contribution in [2.75, 3.05) is 7.11 Å². The fourth-order valence-corrected chi connectivity index (χ4v) is 3.40. The van der Waals surface area contributed by atoms with Gasteiger partial charge >= 0.3 is 12.1 Å². The van der Waals surface area contributed by atoms with Gasteiger partial charge in [-0.25, -0.2) is 9.59 Å². The summed E-state index contributed by atoms with van der Waals surface area (Å²) >= 11 is 0. The van der Waals surface area contributed by atoms with Gasteiger partial charge in [0.25, 0.3) is 0 Å². The maximum Gasteiger partial charge on any atom is 0.408 e. The first-order chi connectivity index (χ1) is 16.6. The third-order valence-electron chi connectivity index (χ3n) is 5.14. The summed E-state index contributed by atoms with van der Waals surface area (Å²) in [7, 11) is 1.25. The van der Waals surface area contributed by atoms with E-state index in [1.54, 1.807) is 46.8 Å². The Morgan fingerprint density at radius 1 is 0.889 bits per heavy atom.